The molecular formula is C23H28N4O4. The van der Waals surface area contributed by atoms with Gasteiger partial charge in [-0.3, -0.25) is 4.79 Å². The van der Waals surface area contributed by atoms with Gasteiger partial charge >= 0.3 is 0 Å². The predicted octanol–water partition coefficient (Wildman–Crippen LogP) is 4.14. The summed E-state index contributed by atoms with van der Waals surface area (Å²) < 4.78 is 16.4. The van der Waals surface area contributed by atoms with Gasteiger partial charge in [-0.1, -0.05) is 23.2 Å². The topological polar surface area (TPSA) is 98.4 Å². The standard InChI is InChI=1S/C23H28N4O4/c1-14-19(15(2)30-25-14)12-18-6-7-20(29-18)21(28)27-10-8-23(9-11-27,13-17-4-5-17)22-24-16(3)31-26-22/h6-7,17H,4-5,8-13H2,1-3H3. The van der Waals surface area contributed by atoms with E-state index < -0.39 is 0 Å². The number of aryl methyl sites for hydroxylation is 3. The molecule has 0 atom stereocenters. The van der Waals surface area contributed by atoms with Crippen LogP contribution in [-0.4, -0.2) is 39.2 Å². The van der Waals surface area contributed by atoms with Crippen LogP contribution in [0.3, 0.4) is 0 Å². The number of rotatable bonds is 6. The summed E-state index contributed by atoms with van der Waals surface area (Å²) in [5.41, 5.74) is 1.76. The van der Waals surface area contributed by atoms with Crippen molar-refractivity contribution in [3.05, 3.63) is 52.4 Å². The summed E-state index contributed by atoms with van der Waals surface area (Å²) in [6, 6.07) is 3.63. The zero-order chi connectivity index (χ0) is 21.6. The van der Waals surface area contributed by atoms with Crippen LogP contribution in [0.2, 0.25) is 0 Å². The first-order valence-corrected chi connectivity index (χ1v) is 11.0. The van der Waals surface area contributed by atoms with Gasteiger partial charge in [-0.2, -0.15) is 4.98 Å². The summed E-state index contributed by atoms with van der Waals surface area (Å²) in [5.74, 6) is 4.00. The number of piperidine rings is 1. The third-order valence-corrected chi connectivity index (χ3v) is 6.79. The molecule has 1 aliphatic heterocycles. The van der Waals surface area contributed by atoms with Crippen LogP contribution in [0.5, 0.6) is 0 Å². The Labute approximate surface area is 181 Å². The van der Waals surface area contributed by atoms with Crippen LogP contribution in [0.25, 0.3) is 0 Å². The molecule has 4 heterocycles. The summed E-state index contributed by atoms with van der Waals surface area (Å²) >= 11 is 0. The molecule has 1 saturated carbocycles. The monoisotopic (exact) mass is 424 g/mol. The van der Waals surface area contributed by atoms with Crippen molar-refractivity contribution in [3.8, 4) is 0 Å². The molecule has 0 unspecified atom stereocenters. The molecule has 2 fully saturated rings. The van der Waals surface area contributed by atoms with Gasteiger partial charge in [-0.25, -0.2) is 0 Å². The number of amides is 1. The van der Waals surface area contributed by atoms with Crippen molar-refractivity contribution in [2.75, 3.05) is 13.1 Å². The SMILES string of the molecule is Cc1nc(C2(CC3CC3)CCN(C(=O)c3ccc(Cc4c(C)noc4C)o3)CC2)no1. The number of aromatic nitrogens is 3. The minimum Gasteiger partial charge on any atom is -0.456 e. The Morgan fingerprint density at radius 3 is 2.52 bits per heavy atom. The lowest BCUT2D eigenvalue weighted by atomic mass is 9.73. The van der Waals surface area contributed by atoms with Gasteiger partial charge in [0.05, 0.1) is 5.69 Å². The van der Waals surface area contributed by atoms with Gasteiger partial charge < -0.3 is 18.4 Å². The zero-order valence-electron chi connectivity index (χ0n) is 18.3. The maximum atomic E-state index is 13.1. The molecule has 0 radical (unpaired) electrons. The van der Waals surface area contributed by atoms with E-state index in [0.717, 1.165) is 53.8 Å². The first-order valence-electron chi connectivity index (χ1n) is 11.0. The van der Waals surface area contributed by atoms with Crippen LogP contribution in [-0.2, 0) is 11.8 Å². The van der Waals surface area contributed by atoms with E-state index in [1.165, 1.54) is 12.8 Å². The number of nitrogens with zero attached hydrogens (tertiary/aromatic N) is 4. The fraction of sp³-hybridized carbons (Fsp3) is 0.565. The Morgan fingerprint density at radius 2 is 1.90 bits per heavy atom. The number of carbonyl (C=O) groups excluding carboxylic acids is 1. The van der Waals surface area contributed by atoms with Crippen molar-refractivity contribution in [3.63, 3.8) is 0 Å². The van der Waals surface area contributed by atoms with E-state index in [2.05, 4.69) is 15.3 Å². The van der Waals surface area contributed by atoms with Crippen LogP contribution in [0.4, 0.5) is 0 Å². The molecule has 8 nitrogen and oxygen atoms in total. The summed E-state index contributed by atoms with van der Waals surface area (Å²) in [6.45, 7) is 6.96. The Kier molecular flexibility index (Phi) is 4.95. The molecule has 2 aliphatic rings. The van der Waals surface area contributed by atoms with E-state index in [9.17, 15) is 4.79 Å². The maximum Gasteiger partial charge on any atom is 0.289 e. The second kappa shape index (κ2) is 7.66. The van der Waals surface area contributed by atoms with Gasteiger partial charge in [0.2, 0.25) is 5.89 Å². The molecule has 0 N–H and O–H groups in total. The van der Waals surface area contributed by atoms with Crippen molar-refractivity contribution >= 4 is 5.91 Å². The summed E-state index contributed by atoms with van der Waals surface area (Å²) in [4.78, 5) is 19.5. The van der Waals surface area contributed by atoms with Gasteiger partial charge in [0.1, 0.15) is 11.5 Å². The number of furan rings is 1. The third kappa shape index (κ3) is 3.91. The predicted molar refractivity (Wildman–Crippen MR) is 111 cm³/mol. The van der Waals surface area contributed by atoms with Crippen molar-refractivity contribution in [1.29, 1.82) is 0 Å². The van der Waals surface area contributed by atoms with Crippen molar-refractivity contribution in [1.82, 2.24) is 20.2 Å². The molecule has 31 heavy (non-hydrogen) atoms. The average molecular weight is 425 g/mol. The van der Waals surface area contributed by atoms with Crippen LogP contribution in [0.15, 0.2) is 25.6 Å². The highest BCUT2D eigenvalue weighted by atomic mass is 16.5. The Balaban J connectivity index is 1.27. The molecule has 0 aromatic carbocycles. The van der Waals surface area contributed by atoms with Gasteiger partial charge in [-0.05, 0) is 51.2 Å². The second-order valence-corrected chi connectivity index (χ2v) is 9.10. The van der Waals surface area contributed by atoms with Gasteiger partial charge in [0.25, 0.3) is 5.91 Å². The Morgan fingerprint density at radius 1 is 1.13 bits per heavy atom. The Bertz CT molecular complexity index is 1060. The lowest BCUT2D eigenvalue weighted by molar-refractivity contribution is 0.0612. The number of carbonyl (C=O) groups is 1. The van der Waals surface area contributed by atoms with Crippen LogP contribution < -0.4 is 0 Å². The van der Waals surface area contributed by atoms with Crippen molar-refractivity contribution in [2.24, 2.45) is 5.92 Å². The van der Waals surface area contributed by atoms with Crippen molar-refractivity contribution < 1.29 is 18.3 Å². The molecule has 1 saturated heterocycles. The highest BCUT2D eigenvalue weighted by Gasteiger charge is 2.44. The van der Waals surface area contributed by atoms with E-state index in [1.807, 2.05) is 31.7 Å². The van der Waals surface area contributed by atoms with Crippen molar-refractivity contribution in [2.45, 2.75) is 64.7 Å². The number of hydrogen-bond donors (Lipinski definition) is 0. The molecule has 3 aromatic rings. The molecule has 1 aliphatic carbocycles. The lowest BCUT2D eigenvalue weighted by Gasteiger charge is -2.39. The Hall–Kier alpha value is -2.90. The van der Waals surface area contributed by atoms with E-state index in [1.54, 1.807) is 6.07 Å². The van der Waals surface area contributed by atoms with E-state index >= 15 is 0 Å². The van der Waals surface area contributed by atoms with Gasteiger partial charge in [0, 0.05) is 37.4 Å². The molecule has 8 heteroatoms. The molecule has 5 rings (SSSR count). The molecule has 0 spiro atoms. The second-order valence-electron chi connectivity index (χ2n) is 9.10. The molecule has 164 valence electrons. The number of hydrogen-bond acceptors (Lipinski definition) is 7. The van der Waals surface area contributed by atoms with Crippen LogP contribution in [0.1, 0.15) is 77.2 Å². The summed E-state index contributed by atoms with van der Waals surface area (Å²) in [7, 11) is 0. The minimum absolute atomic E-state index is 0.0608. The summed E-state index contributed by atoms with van der Waals surface area (Å²) in [5, 5.41) is 8.24. The van der Waals surface area contributed by atoms with Gasteiger partial charge in [0.15, 0.2) is 11.6 Å². The maximum absolute atomic E-state index is 13.1. The largest absolute Gasteiger partial charge is 0.456 e. The smallest absolute Gasteiger partial charge is 0.289 e. The average Bonchev–Trinajstić information content (AvgIpc) is 3.12. The number of likely N-dealkylation sites (tertiary alicyclic amines) is 1. The normalized spacial score (nSPS) is 18.5. The van der Waals surface area contributed by atoms with Crippen LogP contribution >= 0.6 is 0 Å². The minimum atomic E-state index is -0.0899. The summed E-state index contributed by atoms with van der Waals surface area (Å²) in [6.07, 6.45) is 5.90. The quantitative estimate of drug-likeness (QED) is 0.586. The van der Waals surface area contributed by atoms with E-state index in [0.29, 0.717) is 31.2 Å². The third-order valence-electron chi connectivity index (χ3n) is 6.79. The van der Waals surface area contributed by atoms with E-state index in [4.69, 9.17) is 13.5 Å². The van der Waals surface area contributed by atoms with E-state index in [-0.39, 0.29) is 11.3 Å². The first-order chi connectivity index (χ1) is 14.9. The fourth-order valence-electron chi connectivity index (χ4n) is 4.72. The highest BCUT2D eigenvalue weighted by molar-refractivity contribution is 5.91. The molecule has 3 aromatic heterocycles. The highest BCUT2D eigenvalue weighted by Crippen LogP contribution is 2.46. The molecule has 0 bridgehead atoms. The lowest BCUT2D eigenvalue weighted by Crippen LogP contribution is -2.46. The molecular weight excluding hydrogens is 396 g/mol. The van der Waals surface area contributed by atoms with Crippen LogP contribution in [0, 0.1) is 26.7 Å². The molecule has 1 amide bonds. The zero-order valence-corrected chi connectivity index (χ0v) is 18.3. The first kappa shape index (κ1) is 20.0. The fourth-order valence-corrected chi connectivity index (χ4v) is 4.72. The van der Waals surface area contributed by atoms with Gasteiger partial charge in [-0.15, -0.1) is 0 Å².